The van der Waals surface area contributed by atoms with E-state index in [4.69, 9.17) is 0 Å². The van der Waals surface area contributed by atoms with Crippen LogP contribution in [0.4, 0.5) is 0 Å². The van der Waals surface area contributed by atoms with Gasteiger partial charge in [-0.2, -0.15) is 0 Å². The normalized spacial score (nSPS) is 0. The molecule has 0 saturated carbocycles. The Bertz CT molecular complexity index is 11.6. The summed E-state index contributed by atoms with van der Waals surface area (Å²) in [5.41, 5.74) is 0. The molecule has 0 heterocycles. The Morgan fingerprint density at radius 3 is 1.00 bits per heavy atom. The van der Waals surface area contributed by atoms with Crippen LogP contribution in [0.25, 0.3) is 0 Å². The van der Waals surface area contributed by atoms with Gasteiger partial charge in [-0.05, 0) is 0 Å². The second-order valence-corrected chi connectivity index (χ2v) is 0. The van der Waals surface area contributed by atoms with Crippen molar-refractivity contribution in [3.63, 3.8) is 0 Å². The van der Waals surface area contributed by atoms with Crippen molar-refractivity contribution in [3.05, 3.63) is 0 Å². The Balaban J connectivity index is 0. The summed E-state index contributed by atoms with van der Waals surface area (Å²) in [5, 5.41) is 0. The molecule has 0 amide bonds. The van der Waals surface area contributed by atoms with E-state index in [1.54, 1.807) is 0 Å². The minimum atomic E-state index is 0. The molecule has 2 N–H and O–H groups in total. The monoisotopic (exact) mass is 412 g/mol. The summed E-state index contributed by atoms with van der Waals surface area (Å²) in [7, 11) is 0. The van der Waals surface area contributed by atoms with Gasteiger partial charge in [-0.25, -0.2) is 0 Å². The molecule has 22 valence electrons. The van der Waals surface area contributed by atoms with Gasteiger partial charge in [0, 0.05) is 27.7 Å². The maximum absolute atomic E-state index is 0. The predicted molar refractivity (Wildman–Crippen MR) is 33.3 cm³/mol. The summed E-state index contributed by atoms with van der Waals surface area (Å²) in [6, 6.07) is 0. The topological polar surface area (TPSA) is 31.5 Å². The standard InChI is InChI=1S/Hg.HI.K.Na.H2O.2H/h;1H;;;1H2;;. The zero-order chi connectivity index (χ0) is 0. The Morgan fingerprint density at radius 2 is 1.00 bits per heavy atom. The van der Waals surface area contributed by atoms with Gasteiger partial charge in [-0.3, -0.25) is 0 Å². The first-order valence-electron chi connectivity index (χ1n) is 0. The van der Waals surface area contributed by atoms with E-state index in [9.17, 15) is 0 Å². The Hall–Kier alpha value is 4.26. The molecule has 0 saturated heterocycles. The van der Waals surface area contributed by atoms with Crippen molar-refractivity contribution in [1.29, 1.82) is 0 Å². The average molecular weight is 411 g/mol. The molecule has 0 aliphatic rings. The fraction of sp³-hybridized carbons (Fsp3) is 0. The van der Waals surface area contributed by atoms with Gasteiger partial charge in [0.25, 0.3) is 0 Å². The molecule has 1 nitrogen and oxygen atoms in total. The molecule has 5 heteroatoms. The SMILES string of the molecule is I.O.[Hg].[KH].[NaH]. The Labute approximate surface area is 134 Å². The Kier molecular flexibility index (Phi) is 167. The van der Waals surface area contributed by atoms with E-state index < -0.39 is 0 Å². The quantitative estimate of drug-likeness (QED) is 0.344. The van der Waals surface area contributed by atoms with Gasteiger partial charge in [-0.15, -0.1) is 24.0 Å². The van der Waals surface area contributed by atoms with E-state index in [-0.39, 0.29) is 138 Å². The van der Waals surface area contributed by atoms with Crippen LogP contribution in [0, 0.1) is 0 Å². The summed E-state index contributed by atoms with van der Waals surface area (Å²) < 4.78 is 0. The summed E-state index contributed by atoms with van der Waals surface area (Å²) in [5.74, 6) is 0. The van der Waals surface area contributed by atoms with Crippen LogP contribution in [0.3, 0.4) is 0 Å². The summed E-state index contributed by atoms with van der Waals surface area (Å²) in [6.45, 7) is 0. The zero-order valence-electron chi connectivity index (χ0n) is 1.62. The van der Waals surface area contributed by atoms with Crippen LogP contribution in [0.15, 0.2) is 0 Å². The van der Waals surface area contributed by atoms with Crippen LogP contribution >= 0.6 is 24.0 Å². The zero-order valence-corrected chi connectivity index (χ0v) is 9.44. The van der Waals surface area contributed by atoms with Gasteiger partial charge >= 0.3 is 80.9 Å². The van der Waals surface area contributed by atoms with Crippen LogP contribution in [-0.4, -0.2) is 86.4 Å². The molecular weight excluding hydrogens is 406 g/mol. The molecular formula is H5HgIKNaO. The van der Waals surface area contributed by atoms with Crippen molar-refractivity contribution >= 4 is 105 Å². The molecule has 0 bridgehead atoms. The number of halogens is 1. The first-order valence-corrected chi connectivity index (χ1v) is 0. The van der Waals surface area contributed by atoms with Gasteiger partial charge in [0.2, 0.25) is 0 Å². The second-order valence-electron chi connectivity index (χ2n) is 0. The van der Waals surface area contributed by atoms with Crippen LogP contribution in [0.1, 0.15) is 0 Å². The fourth-order valence-electron chi connectivity index (χ4n) is 0. The first-order chi connectivity index (χ1) is 0. The number of hydrogen-bond donors (Lipinski definition) is 0. The van der Waals surface area contributed by atoms with Gasteiger partial charge in [0.05, 0.1) is 0 Å². The third kappa shape index (κ3) is 17.8. The molecule has 0 aromatic heterocycles. The van der Waals surface area contributed by atoms with Crippen molar-refractivity contribution in [3.8, 4) is 0 Å². The summed E-state index contributed by atoms with van der Waals surface area (Å²) in [4.78, 5) is 0. The van der Waals surface area contributed by atoms with E-state index in [2.05, 4.69) is 0 Å². The predicted octanol–water partition coefficient (Wildman–Crippen LogP) is -1.51. The molecule has 0 fully saturated rings. The Morgan fingerprint density at radius 1 is 1.00 bits per heavy atom. The molecule has 0 rings (SSSR count). The molecule has 5 heavy (non-hydrogen) atoms. The molecule has 0 radical (unpaired) electrons. The van der Waals surface area contributed by atoms with E-state index in [0.29, 0.717) is 0 Å². The maximum atomic E-state index is 0. The summed E-state index contributed by atoms with van der Waals surface area (Å²) in [6.07, 6.45) is 0. The average Bonchev–Trinajstić information content (AvgIpc) is 0. The van der Waals surface area contributed by atoms with Crippen molar-refractivity contribution in [2.75, 3.05) is 0 Å². The second kappa shape index (κ2) is 24.0. The van der Waals surface area contributed by atoms with E-state index >= 15 is 0 Å². The molecule has 0 atom stereocenters. The molecule has 0 aromatic carbocycles. The van der Waals surface area contributed by atoms with E-state index in [0.717, 1.165) is 0 Å². The molecule has 0 spiro atoms. The first kappa shape index (κ1) is 34.8. The van der Waals surface area contributed by atoms with Crippen molar-refractivity contribution in [1.82, 2.24) is 0 Å². The molecule has 0 aromatic rings. The van der Waals surface area contributed by atoms with E-state index in [1.807, 2.05) is 0 Å². The van der Waals surface area contributed by atoms with Crippen molar-refractivity contribution in [2.45, 2.75) is 0 Å². The van der Waals surface area contributed by atoms with Gasteiger partial charge in [-0.1, -0.05) is 0 Å². The summed E-state index contributed by atoms with van der Waals surface area (Å²) >= 11 is 0. The van der Waals surface area contributed by atoms with Crippen LogP contribution in [0.5, 0.6) is 0 Å². The minimum absolute atomic E-state index is 0. The number of hydrogen-bond acceptors (Lipinski definition) is 0. The number of rotatable bonds is 0. The molecule has 0 unspecified atom stereocenters. The van der Waals surface area contributed by atoms with Gasteiger partial charge in [0.1, 0.15) is 0 Å². The van der Waals surface area contributed by atoms with Gasteiger partial charge in [0.15, 0.2) is 0 Å². The molecule has 0 aliphatic heterocycles. The van der Waals surface area contributed by atoms with Crippen LogP contribution in [0.2, 0.25) is 0 Å². The van der Waals surface area contributed by atoms with Crippen LogP contribution < -0.4 is 0 Å². The van der Waals surface area contributed by atoms with Gasteiger partial charge < -0.3 is 5.48 Å². The van der Waals surface area contributed by atoms with Crippen molar-refractivity contribution < 1.29 is 33.1 Å². The third-order valence-electron chi connectivity index (χ3n) is 0. The third-order valence-corrected chi connectivity index (χ3v) is 0. The molecule has 0 aliphatic carbocycles. The fourth-order valence-corrected chi connectivity index (χ4v) is 0. The van der Waals surface area contributed by atoms with Crippen LogP contribution in [-0.2, 0) is 27.7 Å². The van der Waals surface area contributed by atoms with Crippen molar-refractivity contribution in [2.24, 2.45) is 0 Å². The van der Waals surface area contributed by atoms with E-state index in [1.165, 1.54) is 0 Å².